The van der Waals surface area contributed by atoms with E-state index in [1.165, 1.54) is 0 Å². The molecule has 122 valence electrons. The van der Waals surface area contributed by atoms with Crippen molar-refractivity contribution in [2.45, 2.75) is 39.0 Å². The Balaban J connectivity index is 1.56. The molecule has 0 saturated carbocycles. The average molecular weight is 314 g/mol. The van der Waals surface area contributed by atoms with Gasteiger partial charge in [0, 0.05) is 37.0 Å². The smallest absolute Gasteiger partial charge is 0.226 e. The summed E-state index contributed by atoms with van der Waals surface area (Å²) in [4.78, 5) is 25.8. The summed E-state index contributed by atoms with van der Waals surface area (Å²) in [6.07, 6.45) is 4.03. The highest BCUT2D eigenvalue weighted by atomic mass is 16.3. The maximum Gasteiger partial charge on any atom is 0.226 e. The normalized spacial score (nSPS) is 15.7. The van der Waals surface area contributed by atoms with Gasteiger partial charge in [-0.15, -0.1) is 0 Å². The van der Waals surface area contributed by atoms with Crippen molar-refractivity contribution in [3.05, 3.63) is 30.0 Å². The van der Waals surface area contributed by atoms with Gasteiger partial charge < -0.3 is 14.6 Å². The lowest BCUT2D eigenvalue weighted by molar-refractivity contribution is -0.131. The molecule has 2 amide bonds. The van der Waals surface area contributed by atoms with E-state index in [4.69, 9.17) is 4.42 Å². The number of furan rings is 1. The first-order chi connectivity index (χ1) is 11.1. The van der Waals surface area contributed by atoms with Gasteiger partial charge in [-0.25, -0.2) is 0 Å². The Hall–Kier alpha value is -2.30. The van der Waals surface area contributed by atoms with Gasteiger partial charge in [-0.2, -0.15) is 0 Å². The summed E-state index contributed by atoms with van der Waals surface area (Å²) in [6.45, 7) is 3.17. The number of aryl methyl sites for hydroxylation is 1. The van der Waals surface area contributed by atoms with E-state index in [0.29, 0.717) is 19.4 Å². The lowest BCUT2D eigenvalue weighted by atomic mass is 10.2. The molecule has 1 saturated heterocycles. The maximum absolute atomic E-state index is 12.1. The second kappa shape index (κ2) is 6.86. The number of hydrogen-bond donors (Lipinski definition) is 1. The lowest BCUT2D eigenvalue weighted by Gasteiger charge is -2.20. The zero-order valence-corrected chi connectivity index (χ0v) is 13.4. The van der Waals surface area contributed by atoms with E-state index in [0.717, 1.165) is 48.2 Å². The third kappa shape index (κ3) is 3.92. The number of carbonyl (C=O) groups excluding carboxylic acids is 2. The number of benzene rings is 1. The standard InChI is InChI=1S/C18H22N2O3/c1-13-11-14-12-15(6-7-16(14)23-13)19-17(21)8-10-20-9-4-2-3-5-18(20)22/h6-7,11-12H,2-5,8-10H2,1H3,(H,19,21). The van der Waals surface area contributed by atoms with Crippen LogP contribution in [0.15, 0.2) is 28.7 Å². The van der Waals surface area contributed by atoms with Gasteiger partial charge in [-0.05, 0) is 44.0 Å². The van der Waals surface area contributed by atoms with Crippen LogP contribution in [0.2, 0.25) is 0 Å². The molecule has 2 aromatic rings. The van der Waals surface area contributed by atoms with Crippen molar-refractivity contribution in [1.82, 2.24) is 4.90 Å². The Morgan fingerprint density at radius 1 is 1.26 bits per heavy atom. The summed E-state index contributed by atoms with van der Waals surface area (Å²) in [5.41, 5.74) is 1.57. The van der Waals surface area contributed by atoms with E-state index in [9.17, 15) is 9.59 Å². The van der Waals surface area contributed by atoms with E-state index < -0.39 is 0 Å². The molecule has 5 heteroatoms. The largest absolute Gasteiger partial charge is 0.461 e. The first-order valence-corrected chi connectivity index (χ1v) is 8.20. The fourth-order valence-electron chi connectivity index (χ4n) is 2.99. The van der Waals surface area contributed by atoms with Crippen LogP contribution in [-0.4, -0.2) is 29.8 Å². The molecular weight excluding hydrogens is 292 g/mol. The summed E-state index contributed by atoms with van der Waals surface area (Å²) in [5, 5.41) is 3.87. The molecule has 0 spiro atoms. The van der Waals surface area contributed by atoms with Gasteiger partial charge in [0.2, 0.25) is 11.8 Å². The van der Waals surface area contributed by atoms with Crippen LogP contribution in [0, 0.1) is 6.92 Å². The number of hydrogen-bond acceptors (Lipinski definition) is 3. The third-order valence-electron chi connectivity index (χ3n) is 4.20. The van der Waals surface area contributed by atoms with Crippen LogP contribution in [0.25, 0.3) is 11.0 Å². The number of likely N-dealkylation sites (tertiary alicyclic amines) is 1. The third-order valence-corrected chi connectivity index (χ3v) is 4.20. The predicted octanol–water partition coefficient (Wildman–Crippen LogP) is 3.47. The minimum atomic E-state index is -0.0680. The molecule has 1 fully saturated rings. The minimum Gasteiger partial charge on any atom is -0.461 e. The van der Waals surface area contributed by atoms with E-state index in [-0.39, 0.29) is 11.8 Å². The number of rotatable bonds is 4. The van der Waals surface area contributed by atoms with Crippen molar-refractivity contribution in [3.63, 3.8) is 0 Å². The van der Waals surface area contributed by atoms with Crippen molar-refractivity contribution in [1.29, 1.82) is 0 Å². The second-order valence-corrected chi connectivity index (χ2v) is 6.10. The molecule has 3 rings (SSSR count). The molecule has 5 nitrogen and oxygen atoms in total. The van der Waals surface area contributed by atoms with E-state index >= 15 is 0 Å². The Bertz CT molecular complexity index is 720. The first kappa shape index (κ1) is 15.6. The number of anilines is 1. The fraction of sp³-hybridized carbons (Fsp3) is 0.444. The second-order valence-electron chi connectivity index (χ2n) is 6.10. The van der Waals surface area contributed by atoms with E-state index in [1.54, 1.807) is 0 Å². The predicted molar refractivity (Wildman–Crippen MR) is 89.2 cm³/mol. The summed E-state index contributed by atoms with van der Waals surface area (Å²) >= 11 is 0. The number of nitrogens with one attached hydrogen (secondary N) is 1. The van der Waals surface area contributed by atoms with Gasteiger partial charge >= 0.3 is 0 Å². The molecule has 0 bridgehead atoms. The summed E-state index contributed by atoms with van der Waals surface area (Å²) in [6, 6.07) is 7.54. The van der Waals surface area contributed by atoms with E-state index in [2.05, 4.69) is 5.32 Å². The lowest BCUT2D eigenvalue weighted by Crippen LogP contribution is -2.33. The zero-order chi connectivity index (χ0) is 16.2. The van der Waals surface area contributed by atoms with Crippen molar-refractivity contribution in [2.24, 2.45) is 0 Å². The Morgan fingerprint density at radius 3 is 3.00 bits per heavy atom. The number of amides is 2. The molecule has 1 aliphatic heterocycles. The average Bonchev–Trinajstić information content (AvgIpc) is 2.75. The maximum atomic E-state index is 12.1. The summed E-state index contributed by atoms with van der Waals surface area (Å²) in [5.74, 6) is 0.954. The number of carbonyl (C=O) groups is 2. The molecule has 0 atom stereocenters. The molecular formula is C18H22N2O3. The topological polar surface area (TPSA) is 62.6 Å². The van der Waals surface area contributed by atoms with Crippen LogP contribution in [0.1, 0.15) is 37.9 Å². The monoisotopic (exact) mass is 314 g/mol. The molecule has 1 N–H and O–H groups in total. The molecule has 23 heavy (non-hydrogen) atoms. The highest BCUT2D eigenvalue weighted by Gasteiger charge is 2.17. The summed E-state index contributed by atoms with van der Waals surface area (Å²) in [7, 11) is 0. The van der Waals surface area contributed by atoms with Crippen LogP contribution in [0.4, 0.5) is 5.69 Å². The Labute approximate surface area is 135 Å². The highest BCUT2D eigenvalue weighted by Crippen LogP contribution is 2.22. The number of fused-ring (bicyclic) bond motifs is 1. The van der Waals surface area contributed by atoms with Crippen LogP contribution >= 0.6 is 0 Å². The van der Waals surface area contributed by atoms with Crippen LogP contribution in [0.3, 0.4) is 0 Å². The SMILES string of the molecule is Cc1cc2cc(NC(=O)CCN3CCCCCC3=O)ccc2o1. The van der Waals surface area contributed by atoms with E-state index in [1.807, 2.05) is 36.1 Å². The molecule has 0 aliphatic carbocycles. The zero-order valence-electron chi connectivity index (χ0n) is 13.4. The van der Waals surface area contributed by atoms with Gasteiger partial charge in [0.1, 0.15) is 11.3 Å². The minimum absolute atomic E-state index is 0.0680. The first-order valence-electron chi connectivity index (χ1n) is 8.20. The van der Waals surface area contributed by atoms with Crippen molar-refractivity contribution in [3.8, 4) is 0 Å². The number of nitrogens with zero attached hydrogens (tertiary/aromatic N) is 1. The Morgan fingerprint density at radius 2 is 2.13 bits per heavy atom. The van der Waals surface area contributed by atoms with Crippen molar-refractivity contribution >= 4 is 28.5 Å². The van der Waals surface area contributed by atoms with Crippen molar-refractivity contribution < 1.29 is 14.0 Å². The molecule has 0 radical (unpaired) electrons. The molecule has 0 unspecified atom stereocenters. The quantitative estimate of drug-likeness (QED) is 0.940. The van der Waals surface area contributed by atoms with Gasteiger partial charge in [0.15, 0.2) is 0 Å². The van der Waals surface area contributed by atoms with Gasteiger partial charge in [0.25, 0.3) is 0 Å². The molecule has 1 aromatic carbocycles. The van der Waals surface area contributed by atoms with Gasteiger partial charge in [0.05, 0.1) is 0 Å². The summed E-state index contributed by atoms with van der Waals surface area (Å²) < 4.78 is 5.52. The highest BCUT2D eigenvalue weighted by molar-refractivity contribution is 5.93. The van der Waals surface area contributed by atoms with Gasteiger partial charge in [-0.1, -0.05) is 6.42 Å². The fourth-order valence-corrected chi connectivity index (χ4v) is 2.99. The van der Waals surface area contributed by atoms with Crippen LogP contribution in [-0.2, 0) is 9.59 Å². The molecule has 1 aliphatic rings. The molecule has 2 heterocycles. The van der Waals surface area contributed by atoms with Crippen LogP contribution in [0.5, 0.6) is 0 Å². The van der Waals surface area contributed by atoms with Crippen molar-refractivity contribution in [2.75, 3.05) is 18.4 Å². The van der Waals surface area contributed by atoms with Crippen LogP contribution < -0.4 is 5.32 Å². The molecule has 1 aromatic heterocycles. The Kier molecular flexibility index (Phi) is 4.65. The van der Waals surface area contributed by atoms with Gasteiger partial charge in [-0.3, -0.25) is 9.59 Å².